The van der Waals surface area contributed by atoms with Gasteiger partial charge in [-0.15, -0.1) is 0 Å². The van der Waals surface area contributed by atoms with E-state index in [0.29, 0.717) is 10.0 Å². The Morgan fingerprint density at radius 1 is 1.57 bits per heavy atom. The summed E-state index contributed by atoms with van der Waals surface area (Å²) in [6, 6.07) is 4.17. The Kier molecular flexibility index (Phi) is 3.49. The van der Waals surface area contributed by atoms with Crippen LogP contribution < -0.4 is 5.73 Å². The number of aliphatic carboxylic acids is 1. The second-order valence-corrected chi connectivity index (χ2v) is 3.77. The highest BCUT2D eigenvalue weighted by Gasteiger charge is 2.11. The third-order valence-corrected chi connectivity index (χ3v) is 2.46. The molecular weight excluding hydrogens is 250 g/mol. The van der Waals surface area contributed by atoms with Crippen LogP contribution in [0.4, 0.5) is 0 Å². The van der Waals surface area contributed by atoms with Gasteiger partial charge in [0.05, 0.1) is 10.9 Å². The highest BCUT2D eigenvalue weighted by atomic mass is 79.9. The van der Waals surface area contributed by atoms with E-state index in [9.17, 15) is 9.90 Å². The molecule has 0 radical (unpaired) electrons. The van der Waals surface area contributed by atoms with Crippen molar-refractivity contribution in [2.45, 2.75) is 12.5 Å². The van der Waals surface area contributed by atoms with Gasteiger partial charge in [0.2, 0.25) is 0 Å². The van der Waals surface area contributed by atoms with Gasteiger partial charge in [-0.25, -0.2) is 0 Å². The van der Waals surface area contributed by atoms with Crippen molar-refractivity contribution in [2.75, 3.05) is 0 Å². The Morgan fingerprint density at radius 3 is 2.71 bits per heavy atom. The SMILES string of the molecule is NC(CC(=O)O)c1ccc(Br)c(O)c1. The molecule has 14 heavy (non-hydrogen) atoms. The largest absolute Gasteiger partial charge is 0.507 e. The first-order valence-corrected chi connectivity index (χ1v) is 4.76. The van der Waals surface area contributed by atoms with Gasteiger partial charge >= 0.3 is 5.97 Å². The van der Waals surface area contributed by atoms with E-state index in [-0.39, 0.29) is 12.2 Å². The maximum absolute atomic E-state index is 10.4. The molecule has 4 nitrogen and oxygen atoms in total. The third-order valence-electron chi connectivity index (χ3n) is 1.79. The number of rotatable bonds is 3. The zero-order chi connectivity index (χ0) is 10.7. The lowest BCUT2D eigenvalue weighted by molar-refractivity contribution is -0.137. The second kappa shape index (κ2) is 4.43. The van der Waals surface area contributed by atoms with Crippen molar-refractivity contribution in [1.82, 2.24) is 0 Å². The van der Waals surface area contributed by atoms with Crippen LogP contribution in [0.2, 0.25) is 0 Å². The smallest absolute Gasteiger partial charge is 0.305 e. The number of halogens is 1. The molecule has 1 aromatic rings. The summed E-state index contributed by atoms with van der Waals surface area (Å²) in [5.74, 6) is -0.900. The summed E-state index contributed by atoms with van der Waals surface area (Å²) in [5, 5.41) is 17.9. The van der Waals surface area contributed by atoms with Crippen LogP contribution in [-0.2, 0) is 4.79 Å². The van der Waals surface area contributed by atoms with Crippen molar-refractivity contribution < 1.29 is 15.0 Å². The van der Waals surface area contributed by atoms with E-state index < -0.39 is 12.0 Å². The molecule has 0 bridgehead atoms. The molecule has 1 atom stereocenters. The molecule has 1 rings (SSSR count). The van der Waals surface area contributed by atoms with Gasteiger partial charge in [0.25, 0.3) is 0 Å². The van der Waals surface area contributed by atoms with Crippen molar-refractivity contribution in [3.05, 3.63) is 28.2 Å². The zero-order valence-electron chi connectivity index (χ0n) is 7.27. The molecule has 0 aromatic heterocycles. The van der Waals surface area contributed by atoms with Crippen LogP contribution in [0.3, 0.4) is 0 Å². The van der Waals surface area contributed by atoms with Crippen LogP contribution in [0.5, 0.6) is 5.75 Å². The first kappa shape index (κ1) is 11.0. The van der Waals surface area contributed by atoms with Gasteiger partial charge in [-0.1, -0.05) is 6.07 Å². The lowest BCUT2D eigenvalue weighted by Gasteiger charge is -2.09. The molecule has 1 aromatic carbocycles. The minimum atomic E-state index is -0.958. The Labute approximate surface area is 89.5 Å². The monoisotopic (exact) mass is 259 g/mol. The van der Waals surface area contributed by atoms with Gasteiger partial charge in [0.15, 0.2) is 0 Å². The Balaban J connectivity index is 2.85. The number of phenolic OH excluding ortho intramolecular Hbond substituents is 1. The van der Waals surface area contributed by atoms with Gasteiger partial charge in [-0.05, 0) is 33.6 Å². The van der Waals surface area contributed by atoms with E-state index in [1.807, 2.05) is 0 Å². The Bertz CT molecular complexity index is 354. The topological polar surface area (TPSA) is 83.6 Å². The molecule has 0 aliphatic rings. The molecule has 0 spiro atoms. The maximum Gasteiger partial charge on any atom is 0.305 e. The molecule has 1 unspecified atom stereocenters. The number of carboxylic acids is 1. The summed E-state index contributed by atoms with van der Waals surface area (Å²) in [6.45, 7) is 0. The molecular formula is C9H10BrNO3. The highest BCUT2D eigenvalue weighted by molar-refractivity contribution is 9.10. The van der Waals surface area contributed by atoms with Crippen LogP contribution in [-0.4, -0.2) is 16.2 Å². The van der Waals surface area contributed by atoms with E-state index in [1.54, 1.807) is 12.1 Å². The number of hydrogen-bond acceptors (Lipinski definition) is 3. The maximum atomic E-state index is 10.4. The first-order chi connectivity index (χ1) is 6.50. The van der Waals surface area contributed by atoms with E-state index in [1.165, 1.54) is 6.07 Å². The molecule has 0 aliphatic heterocycles. The molecule has 0 saturated carbocycles. The number of carbonyl (C=O) groups is 1. The van der Waals surface area contributed by atoms with E-state index in [4.69, 9.17) is 10.8 Å². The average Bonchev–Trinajstić information content (AvgIpc) is 2.08. The number of benzene rings is 1. The summed E-state index contributed by atoms with van der Waals surface area (Å²) in [5.41, 5.74) is 6.21. The van der Waals surface area contributed by atoms with E-state index >= 15 is 0 Å². The summed E-state index contributed by atoms with van der Waals surface area (Å²) in [6.07, 6.45) is -0.152. The van der Waals surface area contributed by atoms with Gasteiger partial charge in [0.1, 0.15) is 5.75 Å². The van der Waals surface area contributed by atoms with Gasteiger partial charge in [-0.2, -0.15) is 0 Å². The fraction of sp³-hybridized carbons (Fsp3) is 0.222. The lowest BCUT2D eigenvalue weighted by atomic mass is 10.0. The van der Waals surface area contributed by atoms with Crippen LogP contribution in [0.15, 0.2) is 22.7 Å². The Hall–Kier alpha value is -1.07. The quantitative estimate of drug-likeness (QED) is 0.771. The number of carboxylic acid groups (broad SMARTS) is 1. The van der Waals surface area contributed by atoms with Crippen molar-refractivity contribution in [3.8, 4) is 5.75 Å². The molecule has 0 aliphatic carbocycles. The standard InChI is InChI=1S/C9H10BrNO3/c10-6-2-1-5(3-8(6)12)7(11)4-9(13)14/h1-3,7,12H,4,11H2,(H,13,14). The molecule has 0 saturated heterocycles. The van der Waals surface area contributed by atoms with Crippen LogP contribution in [0, 0.1) is 0 Å². The second-order valence-electron chi connectivity index (χ2n) is 2.92. The highest BCUT2D eigenvalue weighted by Crippen LogP contribution is 2.27. The summed E-state index contributed by atoms with van der Waals surface area (Å²) in [7, 11) is 0. The van der Waals surface area contributed by atoms with Crippen molar-refractivity contribution in [2.24, 2.45) is 5.73 Å². The van der Waals surface area contributed by atoms with Crippen molar-refractivity contribution in [1.29, 1.82) is 0 Å². The number of phenols is 1. The van der Waals surface area contributed by atoms with Gasteiger partial charge in [-0.3, -0.25) is 4.79 Å². The average molecular weight is 260 g/mol. The number of aromatic hydroxyl groups is 1. The minimum Gasteiger partial charge on any atom is -0.507 e. The molecule has 4 N–H and O–H groups in total. The van der Waals surface area contributed by atoms with E-state index in [0.717, 1.165) is 0 Å². The number of nitrogens with two attached hydrogens (primary N) is 1. The minimum absolute atomic E-state index is 0.0586. The fourth-order valence-corrected chi connectivity index (χ4v) is 1.31. The summed E-state index contributed by atoms with van der Waals surface area (Å²) < 4.78 is 0.559. The fourth-order valence-electron chi connectivity index (χ4n) is 1.07. The van der Waals surface area contributed by atoms with Crippen LogP contribution >= 0.6 is 15.9 Å². The predicted octanol–water partition coefficient (Wildman–Crippen LogP) is 1.63. The van der Waals surface area contributed by atoms with E-state index in [2.05, 4.69) is 15.9 Å². The summed E-state index contributed by atoms with van der Waals surface area (Å²) in [4.78, 5) is 10.4. The van der Waals surface area contributed by atoms with Crippen LogP contribution in [0.25, 0.3) is 0 Å². The van der Waals surface area contributed by atoms with Crippen molar-refractivity contribution in [3.63, 3.8) is 0 Å². The first-order valence-electron chi connectivity index (χ1n) is 3.96. The van der Waals surface area contributed by atoms with Gasteiger partial charge < -0.3 is 15.9 Å². The van der Waals surface area contributed by atoms with Gasteiger partial charge in [0, 0.05) is 6.04 Å². The summed E-state index contributed by atoms with van der Waals surface area (Å²) >= 11 is 3.12. The molecule has 0 fully saturated rings. The van der Waals surface area contributed by atoms with Crippen molar-refractivity contribution >= 4 is 21.9 Å². The third kappa shape index (κ3) is 2.71. The molecule has 76 valence electrons. The van der Waals surface area contributed by atoms with Crippen LogP contribution in [0.1, 0.15) is 18.0 Å². The predicted molar refractivity (Wildman–Crippen MR) is 55.0 cm³/mol. The lowest BCUT2D eigenvalue weighted by Crippen LogP contribution is -2.14. The number of hydrogen-bond donors (Lipinski definition) is 3. The molecule has 0 amide bonds. The molecule has 0 heterocycles. The zero-order valence-corrected chi connectivity index (χ0v) is 8.86. The normalized spacial score (nSPS) is 12.4. The molecule has 5 heteroatoms. The Morgan fingerprint density at radius 2 is 2.21 bits per heavy atom.